The van der Waals surface area contributed by atoms with Gasteiger partial charge in [0.2, 0.25) is 0 Å². The van der Waals surface area contributed by atoms with Gasteiger partial charge in [-0.05, 0) is 19.7 Å². The van der Waals surface area contributed by atoms with Crippen LogP contribution in [-0.4, -0.2) is 19.3 Å². The second-order valence-electron chi connectivity index (χ2n) is 2.36. The van der Waals surface area contributed by atoms with Crippen LogP contribution in [0.4, 0.5) is 4.79 Å². The standard InChI is InChI=1S/C8H13N3O/c1-6(2)4-7(10-3)5-11-8(9)12/h4H,1,3,5H2,2H3,(H3,9,11,12)/b7-4-. The summed E-state index contributed by atoms with van der Waals surface area (Å²) < 4.78 is 0. The fourth-order valence-electron chi connectivity index (χ4n) is 0.615. The van der Waals surface area contributed by atoms with E-state index < -0.39 is 6.03 Å². The molecule has 0 atom stereocenters. The number of hydrogen-bond acceptors (Lipinski definition) is 2. The van der Waals surface area contributed by atoms with Crippen molar-refractivity contribution in [2.24, 2.45) is 10.7 Å². The number of urea groups is 1. The highest BCUT2D eigenvalue weighted by Crippen LogP contribution is 1.99. The minimum Gasteiger partial charge on any atom is -0.352 e. The number of rotatable bonds is 4. The van der Waals surface area contributed by atoms with E-state index in [2.05, 4.69) is 23.6 Å². The summed E-state index contributed by atoms with van der Waals surface area (Å²) in [5, 5.41) is 2.40. The number of carbonyl (C=O) groups excluding carboxylic acids is 1. The van der Waals surface area contributed by atoms with Gasteiger partial charge in [-0.25, -0.2) is 4.79 Å². The van der Waals surface area contributed by atoms with Gasteiger partial charge >= 0.3 is 6.03 Å². The van der Waals surface area contributed by atoms with E-state index in [1.54, 1.807) is 6.08 Å². The maximum atomic E-state index is 10.3. The Morgan fingerprint density at radius 3 is 2.67 bits per heavy atom. The predicted octanol–water partition coefficient (Wildman–Crippen LogP) is 0.815. The van der Waals surface area contributed by atoms with Crippen LogP contribution in [0.15, 0.2) is 28.9 Å². The molecule has 3 N–H and O–H groups in total. The molecular formula is C8H13N3O. The molecule has 0 unspecified atom stereocenters. The van der Waals surface area contributed by atoms with Crippen molar-refractivity contribution in [3.8, 4) is 0 Å². The second kappa shape index (κ2) is 5.12. The molecule has 0 aromatic heterocycles. The molecule has 0 fully saturated rings. The molecule has 4 nitrogen and oxygen atoms in total. The Morgan fingerprint density at radius 1 is 1.75 bits per heavy atom. The van der Waals surface area contributed by atoms with Crippen LogP contribution in [0.1, 0.15) is 6.92 Å². The Hall–Kier alpha value is -1.58. The molecule has 0 spiro atoms. The van der Waals surface area contributed by atoms with E-state index in [-0.39, 0.29) is 6.54 Å². The maximum absolute atomic E-state index is 10.3. The largest absolute Gasteiger partial charge is 0.352 e. The lowest BCUT2D eigenvalue weighted by Gasteiger charge is -2.01. The first-order chi connectivity index (χ1) is 5.56. The highest BCUT2D eigenvalue weighted by Gasteiger charge is 1.94. The molecule has 0 aromatic rings. The number of amides is 2. The minimum absolute atomic E-state index is 0.283. The van der Waals surface area contributed by atoms with Gasteiger partial charge in [-0.3, -0.25) is 4.99 Å². The molecule has 4 heteroatoms. The Labute approximate surface area is 71.9 Å². The predicted molar refractivity (Wildman–Crippen MR) is 50.0 cm³/mol. The number of hydrogen-bond donors (Lipinski definition) is 2. The van der Waals surface area contributed by atoms with E-state index in [4.69, 9.17) is 5.73 Å². The summed E-state index contributed by atoms with van der Waals surface area (Å²) in [6.07, 6.45) is 1.73. The third-order valence-electron chi connectivity index (χ3n) is 1.06. The van der Waals surface area contributed by atoms with Crippen LogP contribution in [0.5, 0.6) is 0 Å². The highest BCUT2D eigenvalue weighted by atomic mass is 16.2. The first-order valence-corrected chi connectivity index (χ1v) is 3.42. The van der Waals surface area contributed by atoms with Gasteiger partial charge in [0.1, 0.15) is 0 Å². The molecule has 66 valence electrons. The van der Waals surface area contributed by atoms with Crippen LogP contribution in [0.2, 0.25) is 0 Å². The van der Waals surface area contributed by atoms with E-state index in [9.17, 15) is 4.79 Å². The number of allylic oxidation sites excluding steroid dienone is 2. The molecule has 0 aliphatic heterocycles. The number of aliphatic imine (C=N–C) groups is 1. The van der Waals surface area contributed by atoms with E-state index >= 15 is 0 Å². The van der Waals surface area contributed by atoms with Crippen molar-refractivity contribution in [1.29, 1.82) is 0 Å². The normalized spacial score (nSPS) is 10.6. The van der Waals surface area contributed by atoms with Crippen molar-refractivity contribution >= 4 is 12.7 Å². The Morgan fingerprint density at radius 2 is 2.33 bits per heavy atom. The van der Waals surface area contributed by atoms with Crippen LogP contribution in [0.25, 0.3) is 0 Å². The fraction of sp³-hybridized carbons (Fsp3) is 0.250. The molecule has 12 heavy (non-hydrogen) atoms. The molecule has 0 saturated heterocycles. The van der Waals surface area contributed by atoms with Crippen LogP contribution in [0.3, 0.4) is 0 Å². The topological polar surface area (TPSA) is 67.5 Å². The fourth-order valence-corrected chi connectivity index (χ4v) is 0.615. The van der Waals surface area contributed by atoms with Gasteiger partial charge in [-0.1, -0.05) is 12.2 Å². The van der Waals surface area contributed by atoms with Crippen molar-refractivity contribution in [3.63, 3.8) is 0 Å². The average Bonchev–Trinajstić information content (AvgIpc) is 1.97. The lowest BCUT2D eigenvalue weighted by atomic mass is 10.3. The number of nitrogens with zero attached hydrogens (tertiary/aromatic N) is 1. The zero-order valence-corrected chi connectivity index (χ0v) is 7.13. The number of primary amides is 1. The average molecular weight is 167 g/mol. The number of carbonyl (C=O) groups is 1. The van der Waals surface area contributed by atoms with Gasteiger partial charge in [-0.2, -0.15) is 0 Å². The molecule has 0 aromatic carbocycles. The molecule has 0 bridgehead atoms. The molecule has 2 amide bonds. The number of nitrogens with one attached hydrogen (secondary N) is 1. The molecular weight excluding hydrogens is 154 g/mol. The van der Waals surface area contributed by atoms with Crippen LogP contribution >= 0.6 is 0 Å². The summed E-state index contributed by atoms with van der Waals surface area (Å²) in [6, 6.07) is -0.578. The Kier molecular flexibility index (Phi) is 4.45. The Bertz CT molecular complexity index is 230. The minimum atomic E-state index is -0.578. The van der Waals surface area contributed by atoms with Crippen molar-refractivity contribution in [1.82, 2.24) is 5.32 Å². The van der Waals surface area contributed by atoms with Crippen molar-refractivity contribution in [2.45, 2.75) is 6.92 Å². The zero-order valence-electron chi connectivity index (χ0n) is 7.13. The highest BCUT2D eigenvalue weighted by molar-refractivity contribution is 5.71. The first kappa shape index (κ1) is 10.4. The quantitative estimate of drug-likeness (QED) is 0.472. The second-order valence-corrected chi connectivity index (χ2v) is 2.36. The Balaban J connectivity index is 4.09. The van der Waals surface area contributed by atoms with Crippen molar-refractivity contribution in [3.05, 3.63) is 23.9 Å². The summed E-state index contributed by atoms with van der Waals surface area (Å²) in [5.41, 5.74) is 6.36. The molecule has 0 aliphatic rings. The summed E-state index contributed by atoms with van der Waals surface area (Å²) in [7, 11) is 0. The molecule has 0 saturated carbocycles. The summed E-state index contributed by atoms with van der Waals surface area (Å²) in [4.78, 5) is 14.0. The van der Waals surface area contributed by atoms with Crippen molar-refractivity contribution in [2.75, 3.05) is 6.54 Å². The van der Waals surface area contributed by atoms with E-state index in [1.165, 1.54) is 0 Å². The SMILES string of the molecule is C=N/C(=C\C(=C)C)CNC(N)=O. The summed E-state index contributed by atoms with van der Waals surface area (Å²) >= 11 is 0. The van der Waals surface area contributed by atoms with Gasteiger partial charge in [0.25, 0.3) is 0 Å². The van der Waals surface area contributed by atoms with E-state index in [1.807, 2.05) is 6.92 Å². The summed E-state index contributed by atoms with van der Waals surface area (Å²) in [5.74, 6) is 0. The van der Waals surface area contributed by atoms with Crippen molar-refractivity contribution < 1.29 is 4.79 Å². The van der Waals surface area contributed by atoms with Gasteiger partial charge in [0.15, 0.2) is 0 Å². The van der Waals surface area contributed by atoms with Crippen LogP contribution in [-0.2, 0) is 0 Å². The van der Waals surface area contributed by atoms with Gasteiger partial charge in [0, 0.05) is 0 Å². The maximum Gasteiger partial charge on any atom is 0.312 e. The van der Waals surface area contributed by atoms with E-state index in [0.717, 1.165) is 5.57 Å². The zero-order chi connectivity index (χ0) is 9.56. The molecule has 0 radical (unpaired) electrons. The molecule has 0 heterocycles. The van der Waals surface area contributed by atoms with Crippen LogP contribution < -0.4 is 11.1 Å². The first-order valence-electron chi connectivity index (χ1n) is 3.42. The third kappa shape index (κ3) is 5.22. The van der Waals surface area contributed by atoms with Gasteiger partial charge in [-0.15, -0.1) is 0 Å². The van der Waals surface area contributed by atoms with E-state index in [0.29, 0.717) is 5.70 Å². The molecule has 0 aliphatic carbocycles. The monoisotopic (exact) mass is 167 g/mol. The smallest absolute Gasteiger partial charge is 0.312 e. The lowest BCUT2D eigenvalue weighted by molar-refractivity contribution is 0.249. The van der Waals surface area contributed by atoms with Crippen LogP contribution in [0, 0.1) is 0 Å². The summed E-state index contributed by atoms with van der Waals surface area (Å²) in [6.45, 7) is 9.11. The van der Waals surface area contributed by atoms with Gasteiger partial charge < -0.3 is 11.1 Å². The van der Waals surface area contributed by atoms with Gasteiger partial charge in [0.05, 0.1) is 12.2 Å². The number of nitrogens with two attached hydrogens (primary N) is 1. The third-order valence-corrected chi connectivity index (χ3v) is 1.06. The lowest BCUT2D eigenvalue weighted by Crippen LogP contribution is -2.30. The molecule has 0 rings (SSSR count).